The van der Waals surface area contributed by atoms with E-state index in [0.717, 1.165) is 13.0 Å². The van der Waals surface area contributed by atoms with Gasteiger partial charge in [0.15, 0.2) is 0 Å². The van der Waals surface area contributed by atoms with Crippen LogP contribution in [-0.2, 0) is 6.54 Å². The molecule has 3 aromatic carbocycles. The molecule has 1 aliphatic carbocycles. The van der Waals surface area contributed by atoms with Gasteiger partial charge in [-0.2, -0.15) is 0 Å². The molecule has 2 nitrogen and oxygen atoms in total. The smallest absolute Gasteiger partial charge is 0.133 e. The van der Waals surface area contributed by atoms with E-state index in [0.29, 0.717) is 0 Å². The first-order valence-electron chi connectivity index (χ1n) is 11.0. The second kappa shape index (κ2) is 7.96. The zero-order chi connectivity index (χ0) is 21.3. The Balaban J connectivity index is 1.52. The van der Waals surface area contributed by atoms with Gasteiger partial charge in [-0.05, 0) is 65.5 Å². The molecule has 1 unspecified atom stereocenters. The highest BCUT2D eigenvalue weighted by Crippen LogP contribution is 2.37. The third-order valence-corrected chi connectivity index (χ3v) is 6.58. The van der Waals surface area contributed by atoms with E-state index >= 15 is 0 Å². The van der Waals surface area contributed by atoms with Crippen LogP contribution in [0.25, 0.3) is 11.6 Å². The second-order valence-electron chi connectivity index (χ2n) is 8.50. The van der Waals surface area contributed by atoms with E-state index in [1.54, 1.807) is 0 Å². The third kappa shape index (κ3) is 3.70. The monoisotopic (exact) mass is 404 g/mol. The SMILES string of the molecule is Cc1cccc(NC2(N3C=Cc4ccccc4C3)C=CC(c3ccccc3)=CC2)c1C. The predicted octanol–water partition coefficient (Wildman–Crippen LogP) is 6.94. The number of anilines is 1. The van der Waals surface area contributed by atoms with Gasteiger partial charge in [-0.1, -0.05) is 78.9 Å². The molecule has 0 saturated carbocycles. The molecule has 0 saturated heterocycles. The van der Waals surface area contributed by atoms with Crippen LogP contribution in [0.5, 0.6) is 0 Å². The van der Waals surface area contributed by atoms with Gasteiger partial charge in [0.05, 0.1) is 0 Å². The maximum Gasteiger partial charge on any atom is 0.133 e. The van der Waals surface area contributed by atoms with Crippen LogP contribution in [0, 0.1) is 13.8 Å². The molecule has 1 N–H and O–H groups in total. The largest absolute Gasteiger partial charge is 0.359 e. The first-order valence-corrected chi connectivity index (χ1v) is 11.0. The Hall–Kier alpha value is -3.52. The highest BCUT2D eigenvalue weighted by molar-refractivity contribution is 5.76. The van der Waals surface area contributed by atoms with Crippen LogP contribution in [0.2, 0.25) is 0 Å². The van der Waals surface area contributed by atoms with Crippen molar-refractivity contribution in [3.63, 3.8) is 0 Å². The van der Waals surface area contributed by atoms with Crippen molar-refractivity contribution in [1.29, 1.82) is 0 Å². The Morgan fingerprint density at radius 1 is 0.839 bits per heavy atom. The van der Waals surface area contributed by atoms with Crippen molar-refractivity contribution >= 4 is 17.3 Å². The zero-order valence-corrected chi connectivity index (χ0v) is 18.2. The summed E-state index contributed by atoms with van der Waals surface area (Å²) >= 11 is 0. The first-order chi connectivity index (χ1) is 15.1. The summed E-state index contributed by atoms with van der Waals surface area (Å²) in [6.07, 6.45) is 12.3. The fraction of sp³-hybridized carbons (Fsp3) is 0.172. The Morgan fingerprint density at radius 3 is 2.45 bits per heavy atom. The van der Waals surface area contributed by atoms with Crippen LogP contribution in [0.3, 0.4) is 0 Å². The molecule has 0 spiro atoms. The van der Waals surface area contributed by atoms with Crippen LogP contribution in [0.1, 0.15) is 34.2 Å². The fourth-order valence-corrected chi connectivity index (χ4v) is 4.49. The minimum atomic E-state index is -0.319. The molecule has 0 bridgehead atoms. The summed E-state index contributed by atoms with van der Waals surface area (Å²) in [5.74, 6) is 0. The van der Waals surface area contributed by atoms with Crippen LogP contribution in [-0.4, -0.2) is 10.6 Å². The number of hydrogen-bond acceptors (Lipinski definition) is 2. The number of hydrogen-bond donors (Lipinski definition) is 1. The Morgan fingerprint density at radius 2 is 1.65 bits per heavy atom. The predicted molar refractivity (Wildman–Crippen MR) is 131 cm³/mol. The number of allylic oxidation sites excluding steroid dienone is 2. The van der Waals surface area contributed by atoms with Crippen molar-refractivity contribution in [1.82, 2.24) is 4.90 Å². The Labute approximate surface area is 185 Å². The Bertz CT molecular complexity index is 1190. The molecule has 0 amide bonds. The van der Waals surface area contributed by atoms with Crippen molar-refractivity contribution in [3.8, 4) is 0 Å². The van der Waals surface area contributed by atoms with Crippen molar-refractivity contribution in [2.75, 3.05) is 5.32 Å². The molecule has 154 valence electrons. The molecular weight excluding hydrogens is 376 g/mol. The fourth-order valence-electron chi connectivity index (χ4n) is 4.49. The van der Waals surface area contributed by atoms with E-state index < -0.39 is 0 Å². The molecule has 0 radical (unpaired) electrons. The lowest BCUT2D eigenvalue weighted by Gasteiger charge is -2.45. The van der Waals surface area contributed by atoms with Crippen molar-refractivity contribution in [3.05, 3.63) is 125 Å². The van der Waals surface area contributed by atoms with Gasteiger partial charge in [0.1, 0.15) is 5.66 Å². The molecule has 1 atom stereocenters. The molecule has 2 aliphatic rings. The minimum absolute atomic E-state index is 0.319. The maximum absolute atomic E-state index is 3.92. The quantitative estimate of drug-likeness (QED) is 0.506. The lowest BCUT2D eigenvalue weighted by molar-refractivity contribution is 0.217. The molecular formula is C29H28N2. The number of aryl methyl sites for hydroxylation is 1. The number of fused-ring (bicyclic) bond motifs is 1. The van der Waals surface area contributed by atoms with Gasteiger partial charge in [-0.15, -0.1) is 0 Å². The molecule has 0 fully saturated rings. The topological polar surface area (TPSA) is 15.3 Å². The molecule has 31 heavy (non-hydrogen) atoms. The van der Waals surface area contributed by atoms with Gasteiger partial charge in [0.2, 0.25) is 0 Å². The second-order valence-corrected chi connectivity index (χ2v) is 8.50. The van der Waals surface area contributed by atoms with Gasteiger partial charge in [0, 0.05) is 24.9 Å². The summed E-state index contributed by atoms with van der Waals surface area (Å²) < 4.78 is 0. The molecule has 2 heteroatoms. The van der Waals surface area contributed by atoms with E-state index in [1.165, 1.54) is 39.1 Å². The molecule has 5 rings (SSSR count). The number of benzene rings is 3. The number of nitrogens with one attached hydrogen (secondary N) is 1. The zero-order valence-electron chi connectivity index (χ0n) is 18.2. The highest BCUT2D eigenvalue weighted by atomic mass is 15.3. The van der Waals surface area contributed by atoms with Gasteiger partial charge in [0.25, 0.3) is 0 Å². The van der Waals surface area contributed by atoms with E-state index in [2.05, 4.69) is 127 Å². The third-order valence-electron chi connectivity index (χ3n) is 6.58. The summed E-state index contributed by atoms with van der Waals surface area (Å²) in [5, 5.41) is 3.92. The van der Waals surface area contributed by atoms with Crippen LogP contribution >= 0.6 is 0 Å². The summed E-state index contributed by atoms with van der Waals surface area (Å²) in [5.41, 5.74) is 8.68. The molecule has 1 aliphatic heterocycles. The molecule has 0 aromatic heterocycles. The van der Waals surface area contributed by atoms with Gasteiger partial charge >= 0.3 is 0 Å². The normalized spacial score (nSPS) is 19.7. The van der Waals surface area contributed by atoms with Crippen LogP contribution in [0.15, 0.2) is 97.2 Å². The average molecular weight is 405 g/mol. The van der Waals surface area contributed by atoms with E-state index in [-0.39, 0.29) is 5.66 Å². The van der Waals surface area contributed by atoms with E-state index in [9.17, 15) is 0 Å². The number of rotatable bonds is 4. The van der Waals surface area contributed by atoms with Crippen molar-refractivity contribution < 1.29 is 0 Å². The van der Waals surface area contributed by atoms with Crippen LogP contribution < -0.4 is 5.32 Å². The maximum atomic E-state index is 3.92. The lowest BCUT2D eigenvalue weighted by Crippen LogP contribution is -2.51. The summed E-state index contributed by atoms with van der Waals surface area (Å²) in [7, 11) is 0. The van der Waals surface area contributed by atoms with Crippen molar-refractivity contribution in [2.24, 2.45) is 0 Å². The standard InChI is InChI=1S/C29H28N2/c1-22-9-8-14-28(23(22)2)30-29(31-20-17-25-12-6-7-13-27(25)21-31)18-15-26(16-19-29)24-10-4-3-5-11-24/h3-18,20,30H,19,21H2,1-2H3. The van der Waals surface area contributed by atoms with Crippen molar-refractivity contribution in [2.45, 2.75) is 32.5 Å². The minimum Gasteiger partial charge on any atom is -0.359 e. The summed E-state index contributed by atoms with van der Waals surface area (Å²) in [6, 6.07) is 25.8. The van der Waals surface area contributed by atoms with Gasteiger partial charge in [-0.25, -0.2) is 0 Å². The molecule has 1 heterocycles. The summed E-state index contributed by atoms with van der Waals surface area (Å²) in [6.45, 7) is 5.25. The van der Waals surface area contributed by atoms with Crippen LogP contribution in [0.4, 0.5) is 5.69 Å². The van der Waals surface area contributed by atoms with Gasteiger partial charge in [-0.3, -0.25) is 0 Å². The summed E-state index contributed by atoms with van der Waals surface area (Å²) in [4.78, 5) is 2.44. The first kappa shape index (κ1) is 19.4. The van der Waals surface area contributed by atoms with Gasteiger partial charge < -0.3 is 10.2 Å². The van der Waals surface area contributed by atoms with E-state index in [1.807, 2.05) is 0 Å². The Kier molecular flexibility index (Phi) is 4.99. The molecule has 3 aromatic rings. The lowest BCUT2D eigenvalue weighted by atomic mass is 9.89. The van der Waals surface area contributed by atoms with E-state index in [4.69, 9.17) is 0 Å². The number of nitrogens with zero attached hydrogens (tertiary/aromatic N) is 1. The average Bonchev–Trinajstić information content (AvgIpc) is 2.83. The highest BCUT2D eigenvalue weighted by Gasteiger charge is 2.35.